The lowest BCUT2D eigenvalue weighted by Crippen LogP contribution is -2.18. The number of methoxy groups -OCH3 is 4. The molecule has 5 aromatic carbocycles. The van der Waals surface area contributed by atoms with E-state index in [1.807, 2.05) is 6.92 Å². The second-order valence-electron chi connectivity index (χ2n) is 10.6. The summed E-state index contributed by atoms with van der Waals surface area (Å²) in [5.41, 5.74) is 1.87. The van der Waals surface area contributed by atoms with Gasteiger partial charge in [-0.15, -0.1) is 11.8 Å². The molecule has 214 valence electrons. The number of benzene rings is 5. The number of Topliss-reactive ketones (excluding diaryl/α,β-unsaturated/α-hetero) is 1. The Morgan fingerprint density at radius 3 is 2.19 bits per heavy atom. The number of allylic oxidation sites excluding steroid dienone is 2. The number of rotatable bonds is 5. The molecule has 0 spiro atoms. The predicted molar refractivity (Wildman–Crippen MR) is 165 cm³/mol. The summed E-state index contributed by atoms with van der Waals surface area (Å²) in [5.74, 6) is 1.11. The van der Waals surface area contributed by atoms with E-state index in [2.05, 4.69) is 5.32 Å². The number of fused-ring (bicyclic) bond motifs is 3. The highest BCUT2D eigenvalue weighted by atomic mass is 32.2. The van der Waals surface area contributed by atoms with Crippen LogP contribution in [-0.2, 0) is 11.2 Å². The summed E-state index contributed by atoms with van der Waals surface area (Å²) in [6.07, 6.45) is 0.225. The fraction of sp³-hybridized carbons (Fsp3) is 0.281. The van der Waals surface area contributed by atoms with Gasteiger partial charge in [-0.25, -0.2) is 0 Å². The fourth-order valence-corrected chi connectivity index (χ4v) is 8.20. The number of hydrogen-bond acceptors (Lipinski definition) is 10. The lowest BCUT2D eigenvalue weighted by molar-refractivity contribution is -0.111. The highest BCUT2D eigenvalue weighted by Gasteiger charge is 2.37. The quantitative estimate of drug-likeness (QED) is 0.214. The molecule has 1 heterocycles. The van der Waals surface area contributed by atoms with Crippen LogP contribution in [0, 0.1) is 0 Å². The summed E-state index contributed by atoms with van der Waals surface area (Å²) in [7, 11) is 5.90. The van der Waals surface area contributed by atoms with Crippen molar-refractivity contribution in [2.24, 2.45) is 0 Å². The van der Waals surface area contributed by atoms with Crippen LogP contribution in [0.1, 0.15) is 25.0 Å². The minimum atomic E-state index is -0.472. The van der Waals surface area contributed by atoms with Crippen molar-refractivity contribution in [3.63, 3.8) is 0 Å². The second-order valence-corrected chi connectivity index (χ2v) is 11.7. The van der Waals surface area contributed by atoms with Gasteiger partial charge in [0.15, 0.2) is 28.5 Å². The van der Waals surface area contributed by atoms with Crippen LogP contribution in [0.2, 0.25) is 0 Å². The van der Waals surface area contributed by atoms with Crippen LogP contribution in [0.15, 0.2) is 26.1 Å². The van der Waals surface area contributed by atoms with Crippen LogP contribution in [0.3, 0.4) is 0 Å². The van der Waals surface area contributed by atoms with Crippen LogP contribution < -0.4 is 35.1 Å². The van der Waals surface area contributed by atoms with Gasteiger partial charge in [0.1, 0.15) is 11.5 Å². The summed E-state index contributed by atoms with van der Waals surface area (Å²) < 4.78 is 23.5. The normalized spacial score (nSPS) is 14.5. The maximum atomic E-state index is 14.4. The minimum absolute atomic E-state index is 0.0171. The average molecular weight is 586 g/mol. The molecule has 0 bridgehead atoms. The van der Waals surface area contributed by atoms with Crippen LogP contribution in [0.4, 0.5) is 5.69 Å². The summed E-state index contributed by atoms with van der Waals surface area (Å²) in [6, 6.07) is 1.33. The molecule has 9 nitrogen and oxygen atoms in total. The first kappa shape index (κ1) is 26.5. The Balaban J connectivity index is 2.02. The third-order valence-corrected chi connectivity index (χ3v) is 9.64. The lowest BCUT2D eigenvalue weighted by atomic mass is 9.82. The minimum Gasteiger partial charge on any atom is -0.504 e. The molecule has 7 rings (SSSR count). The third-order valence-electron chi connectivity index (χ3n) is 8.56. The number of ketones is 1. The number of carbonyl (C=O) groups is 1. The topological polar surface area (TPSA) is 120 Å². The monoisotopic (exact) mass is 585 g/mol. The van der Waals surface area contributed by atoms with Crippen molar-refractivity contribution in [1.29, 1.82) is 0 Å². The molecule has 42 heavy (non-hydrogen) atoms. The average Bonchev–Trinajstić information content (AvgIpc) is 3.10. The van der Waals surface area contributed by atoms with Crippen molar-refractivity contribution in [1.82, 2.24) is 0 Å². The molecule has 1 aliphatic heterocycles. The molecular formula is C32H27NO8S. The fourth-order valence-electron chi connectivity index (χ4n) is 7.16. The number of phenols is 1. The summed E-state index contributed by atoms with van der Waals surface area (Å²) in [5, 5.41) is 18.8. The molecule has 0 amide bonds. The molecule has 0 fully saturated rings. The van der Waals surface area contributed by atoms with Crippen LogP contribution in [0.25, 0.3) is 48.7 Å². The predicted octanol–water partition coefficient (Wildman–Crippen LogP) is 5.07. The van der Waals surface area contributed by atoms with E-state index in [1.54, 1.807) is 18.9 Å². The number of ether oxygens (including phenoxy) is 4. The molecule has 0 unspecified atom stereocenters. The van der Waals surface area contributed by atoms with Gasteiger partial charge in [0.05, 0.1) is 49.8 Å². The van der Waals surface area contributed by atoms with Crippen molar-refractivity contribution < 1.29 is 28.8 Å². The van der Waals surface area contributed by atoms with Gasteiger partial charge in [0.2, 0.25) is 5.43 Å². The van der Waals surface area contributed by atoms with E-state index < -0.39 is 5.43 Å². The van der Waals surface area contributed by atoms with E-state index in [4.69, 9.17) is 18.9 Å². The largest absolute Gasteiger partial charge is 0.504 e. The van der Waals surface area contributed by atoms with Gasteiger partial charge in [0, 0.05) is 62.0 Å². The molecule has 1 aliphatic carbocycles. The maximum Gasteiger partial charge on any atom is 0.230 e. The zero-order valence-electron chi connectivity index (χ0n) is 23.9. The zero-order chi connectivity index (χ0) is 29.8. The molecule has 2 N–H and O–H groups in total. The summed E-state index contributed by atoms with van der Waals surface area (Å²) in [4.78, 5) is 42.2. The number of thioether (sulfide) groups is 1. The molecule has 0 saturated carbocycles. The highest BCUT2D eigenvalue weighted by Crippen LogP contribution is 2.59. The lowest BCUT2D eigenvalue weighted by Gasteiger charge is -2.27. The molecule has 0 saturated heterocycles. The van der Waals surface area contributed by atoms with Gasteiger partial charge < -0.3 is 29.4 Å². The van der Waals surface area contributed by atoms with Gasteiger partial charge in [-0.3, -0.25) is 14.4 Å². The molecule has 0 radical (unpaired) electrons. The van der Waals surface area contributed by atoms with E-state index in [0.717, 1.165) is 10.6 Å². The van der Waals surface area contributed by atoms with Crippen molar-refractivity contribution >= 4 is 71.9 Å². The first-order valence-electron chi connectivity index (χ1n) is 13.4. The second kappa shape index (κ2) is 9.03. The number of hydrogen-bond donors (Lipinski definition) is 2. The van der Waals surface area contributed by atoms with Gasteiger partial charge in [-0.1, -0.05) is 5.57 Å². The molecular weight excluding hydrogens is 558 g/mol. The highest BCUT2D eigenvalue weighted by molar-refractivity contribution is 7.99. The maximum absolute atomic E-state index is 14.4. The SMILES string of the molecule is COc1c(O)c2c(=O)cc(OC)c3c4c(OC)c5c(c6c(=O)c(OC)c7c(c(c1C(C(C)=O)=C(C)C7)c23)c64)NCCS5. The van der Waals surface area contributed by atoms with Gasteiger partial charge >= 0.3 is 0 Å². The zero-order valence-corrected chi connectivity index (χ0v) is 24.7. The molecule has 2 aliphatic rings. The third kappa shape index (κ3) is 3.02. The molecule has 10 heteroatoms. The summed E-state index contributed by atoms with van der Waals surface area (Å²) in [6.45, 7) is 3.92. The number of carbonyl (C=O) groups excluding carboxylic acids is 1. The Labute approximate surface area is 243 Å². The van der Waals surface area contributed by atoms with E-state index in [0.29, 0.717) is 78.0 Å². The van der Waals surface area contributed by atoms with Crippen LogP contribution in [0.5, 0.6) is 28.7 Å². The number of nitrogens with one attached hydrogen (secondary N) is 1. The van der Waals surface area contributed by atoms with E-state index >= 15 is 0 Å². The Bertz CT molecular complexity index is 2200. The smallest absolute Gasteiger partial charge is 0.230 e. The Morgan fingerprint density at radius 2 is 1.55 bits per heavy atom. The van der Waals surface area contributed by atoms with Crippen molar-refractivity contribution in [2.45, 2.75) is 25.2 Å². The number of anilines is 1. The first-order valence-corrected chi connectivity index (χ1v) is 14.4. The van der Waals surface area contributed by atoms with Gasteiger partial charge in [0.25, 0.3) is 0 Å². The van der Waals surface area contributed by atoms with Crippen LogP contribution >= 0.6 is 11.8 Å². The Hall–Kier alpha value is -4.44. The Kier molecular flexibility index (Phi) is 5.69. The van der Waals surface area contributed by atoms with Crippen LogP contribution in [-0.4, -0.2) is 51.6 Å². The van der Waals surface area contributed by atoms with E-state index in [1.165, 1.54) is 34.3 Å². The van der Waals surface area contributed by atoms with Gasteiger partial charge in [-0.2, -0.15) is 0 Å². The standard InChI is InChI=1S/C32H27NO8S/c1-11-9-13-17-20-22-18(27(36)30(40-5)23(20)16(11)12(2)34)14(35)10-15(38-3)19(22)24-21(17)25(28(37)29(13)39-4)26-32(31(24)41-6)42-8-7-33-26/h10,33,36H,7-9H2,1-6H3. The van der Waals surface area contributed by atoms with Crippen molar-refractivity contribution in [3.05, 3.63) is 43.2 Å². The molecule has 5 aromatic rings. The number of phenolic OH excluding ortho intramolecular Hbond substituents is 1. The first-order chi connectivity index (χ1) is 20.2. The van der Waals surface area contributed by atoms with Crippen molar-refractivity contribution in [3.8, 4) is 28.7 Å². The summed E-state index contributed by atoms with van der Waals surface area (Å²) >= 11 is 1.57. The molecule has 0 aromatic heterocycles. The van der Waals surface area contributed by atoms with E-state index in [9.17, 15) is 19.5 Å². The van der Waals surface area contributed by atoms with E-state index in [-0.39, 0.29) is 46.0 Å². The number of aromatic hydroxyl groups is 1. The van der Waals surface area contributed by atoms with Crippen molar-refractivity contribution in [2.75, 3.05) is 46.1 Å². The Morgan fingerprint density at radius 1 is 0.857 bits per heavy atom. The van der Waals surface area contributed by atoms with Gasteiger partial charge in [-0.05, 0) is 25.7 Å². The molecule has 0 atom stereocenters.